The highest BCUT2D eigenvalue weighted by Crippen LogP contribution is 2.28. The molecule has 1 aliphatic heterocycles. The van der Waals surface area contributed by atoms with E-state index in [4.69, 9.17) is 29.4 Å². The molecular formula is C37H42N2O7. The SMILES string of the molecule is N[C@@H](COCc1ccccc1)C(=O)N[C@@H]1[C@@H](OCc2ccccc2)[C@H](OCc2ccccc2)[C@@H](COCc2ccccc2)O[C@H]1O. The molecule has 0 radical (unpaired) electrons. The largest absolute Gasteiger partial charge is 0.375 e. The van der Waals surface area contributed by atoms with Crippen LogP contribution in [0.3, 0.4) is 0 Å². The van der Waals surface area contributed by atoms with Crippen LogP contribution in [0.25, 0.3) is 0 Å². The van der Waals surface area contributed by atoms with Gasteiger partial charge in [0.15, 0.2) is 6.29 Å². The lowest BCUT2D eigenvalue weighted by molar-refractivity contribution is -0.278. The molecule has 0 unspecified atom stereocenters. The molecular weight excluding hydrogens is 584 g/mol. The molecule has 1 heterocycles. The molecule has 1 saturated heterocycles. The van der Waals surface area contributed by atoms with Crippen molar-refractivity contribution in [1.29, 1.82) is 0 Å². The Labute approximate surface area is 270 Å². The number of aliphatic hydroxyl groups is 1. The lowest BCUT2D eigenvalue weighted by Crippen LogP contribution is -2.66. The fourth-order valence-corrected chi connectivity index (χ4v) is 5.23. The van der Waals surface area contributed by atoms with Crippen molar-refractivity contribution < 1.29 is 33.6 Å². The molecule has 1 fully saturated rings. The molecule has 0 aromatic heterocycles. The first-order valence-electron chi connectivity index (χ1n) is 15.5. The van der Waals surface area contributed by atoms with Gasteiger partial charge in [0.05, 0.1) is 39.6 Å². The first kappa shape index (κ1) is 33.4. The summed E-state index contributed by atoms with van der Waals surface area (Å²) < 4.78 is 30.8. The minimum absolute atomic E-state index is 0.0101. The Balaban J connectivity index is 1.31. The summed E-state index contributed by atoms with van der Waals surface area (Å²) in [5.41, 5.74) is 10.1. The van der Waals surface area contributed by atoms with Crippen LogP contribution in [0, 0.1) is 0 Å². The van der Waals surface area contributed by atoms with Crippen molar-refractivity contribution in [2.24, 2.45) is 5.73 Å². The number of rotatable bonds is 16. The number of carbonyl (C=O) groups excluding carboxylic acids is 1. The van der Waals surface area contributed by atoms with Crippen LogP contribution in [0.4, 0.5) is 0 Å². The standard InChI is InChI=1S/C37H42N2O7/c38-31(25-42-21-27-13-5-1-6-14-27)36(40)39-33-35(45-24-30-19-11-4-12-20-30)34(44-23-29-17-9-3-10-18-29)32(46-37(33)41)26-43-22-28-15-7-2-8-16-28/h1-20,31-35,37,41H,21-26,38H2,(H,39,40)/t31-,32+,33+,34+,35+,37+/m0/s1. The number of amides is 1. The Morgan fingerprint density at radius 1 is 0.674 bits per heavy atom. The number of hydrogen-bond acceptors (Lipinski definition) is 8. The minimum Gasteiger partial charge on any atom is -0.375 e. The van der Waals surface area contributed by atoms with Gasteiger partial charge in [0.25, 0.3) is 0 Å². The maximum atomic E-state index is 13.3. The summed E-state index contributed by atoms with van der Waals surface area (Å²) in [6.07, 6.45) is -3.62. The summed E-state index contributed by atoms with van der Waals surface area (Å²) in [5, 5.41) is 14.2. The summed E-state index contributed by atoms with van der Waals surface area (Å²) in [4.78, 5) is 13.3. The number of carbonyl (C=O) groups is 1. The molecule has 5 rings (SSSR count). The van der Waals surface area contributed by atoms with E-state index < -0.39 is 42.6 Å². The molecule has 1 aliphatic rings. The highest BCUT2D eigenvalue weighted by molar-refractivity contribution is 5.82. The molecule has 4 N–H and O–H groups in total. The lowest BCUT2D eigenvalue weighted by atomic mass is 9.95. The summed E-state index contributed by atoms with van der Waals surface area (Å²) in [6, 6.07) is 36.9. The number of nitrogens with one attached hydrogen (secondary N) is 1. The van der Waals surface area contributed by atoms with Gasteiger partial charge in [0.1, 0.15) is 30.4 Å². The zero-order chi connectivity index (χ0) is 32.0. The van der Waals surface area contributed by atoms with E-state index in [1.54, 1.807) is 0 Å². The van der Waals surface area contributed by atoms with E-state index in [1.165, 1.54) is 0 Å². The first-order chi connectivity index (χ1) is 22.6. The summed E-state index contributed by atoms with van der Waals surface area (Å²) >= 11 is 0. The molecule has 46 heavy (non-hydrogen) atoms. The van der Waals surface area contributed by atoms with E-state index in [0.29, 0.717) is 13.2 Å². The van der Waals surface area contributed by atoms with Gasteiger partial charge >= 0.3 is 0 Å². The van der Waals surface area contributed by atoms with Crippen LogP contribution in [-0.4, -0.2) is 60.9 Å². The summed E-state index contributed by atoms with van der Waals surface area (Å²) in [5.74, 6) is -0.505. The predicted octanol–water partition coefficient (Wildman–Crippen LogP) is 4.12. The zero-order valence-electron chi connectivity index (χ0n) is 25.7. The Bertz CT molecular complexity index is 1430. The number of aliphatic hydroxyl groups excluding tert-OH is 1. The summed E-state index contributed by atoms with van der Waals surface area (Å²) in [6.45, 7) is 1.28. The van der Waals surface area contributed by atoms with Crippen molar-refractivity contribution >= 4 is 5.91 Å². The third-order valence-electron chi connectivity index (χ3n) is 7.68. The Kier molecular flexibility index (Phi) is 12.9. The van der Waals surface area contributed by atoms with Gasteiger partial charge in [-0.15, -0.1) is 0 Å². The van der Waals surface area contributed by atoms with Gasteiger partial charge in [-0.2, -0.15) is 0 Å². The molecule has 9 heteroatoms. The van der Waals surface area contributed by atoms with Gasteiger partial charge in [-0.1, -0.05) is 121 Å². The van der Waals surface area contributed by atoms with Crippen LogP contribution in [0.15, 0.2) is 121 Å². The Morgan fingerprint density at radius 3 is 1.61 bits per heavy atom. The van der Waals surface area contributed by atoms with Gasteiger partial charge in [-0.25, -0.2) is 0 Å². The first-order valence-corrected chi connectivity index (χ1v) is 15.5. The summed E-state index contributed by atoms with van der Waals surface area (Å²) in [7, 11) is 0. The number of hydrogen-bond donors (Lipinski definition) is 3. The number of benzene rings is 4. The van der Waals surface area contributed by atoms with E-state index in [2.05, 4.69) is 5.32 Å². The number of nitrogens with two attached hydrogens (primary N) is 1. The quantitative estimate of drug-likeness (QED) is 0.170. The van der Waals surface area contributed by atoms with Crippen LogP contribution in [0.1, 0.15) is 22.3 Å². The van der Waals surface area contributed by atoms with Crippen LogP contribution in [0.2, 0.25) is 0 Å². The van der Waals surface area contributed by atoms with E-state index in [9.17, 15) is 9.90 Å². The molecule has 0 aliphatic carbocycles. The van der Waals surface area contributed by atoms with Crippen molar-refractivity contribution in [3.8, 4) is 0 Å². The third kappa shape index (κ3) is 10.0. The van der Waals surface area contributed by atoms with Crippen LogP contribution in [0.5, 0.6) is 0 Å². The maximum Gasteiger partial charge on any atom is 0.239 e. The molecule has 0 spiro atoms. The molecule has 6 atom stereocenters. The molecule has 0 bridgehead atoms. The fourth-order valence-electron chi connectivity index (χ4n) is 5.23. The van der Waals surface area contributed by atoms with Crippen molar-refractivity contribution in [2.75, 3.05) is 13.2 Å². The maximum absolute atomic E-state index is 13.3. The van der Waals surface area contributed by atoms with Gasteiger partial charge in [-0.3, -0.25) is 4.79 Å². The fraction of sp³-hybridized carbons (Fsp3) is 0.324. The molecule has 0 saturated carbocycles. The van der Waals surface area contributed by atoms with E-state index in [0.717, 1.165) is 22.3 Å². The molecule has 242 valence electrons. The molecule has 1 amide bonds. The van der Waals surface area contributed by atoms with Crippen LogP contribution in [-0.2, 0) is 54.9 Å². The smallest absolute Gasteiger partial charge is 0.239 e. The van der Waals surface area contributed by atoms with Crippen LogP contribution >= 0.6 is 0 Å². The normalized spacial score (nSPS) is 21.8. The van der Waals surface area contributed by atoms with Crippen molar-refractivity contribution in [3.05, 3.63) is 144 Å². The minimum atomic E-state index is -1.41. The lowest BCUT2D eigenvalue weighted by Gasteiger charge is -2.45. The second-order valence-electron chi connectivity index (χ2n) is 11.2. The topological polar surface area (TPSA) is 122 Å². The Hall–Kier alpha value is -3.93. The van der Waals surface area contributed by atoms with Crippen molar-refractivity contribution in [1.82, 2.24) is 5.32 Å². The van der Waals surface area contributed by atoms with Gasteiger partial charge < -0.3 is 39.8 Å². The van der Waals surface area contributed by atoms with Crippen LogP contribution < -0.4 is 11.1 Å². The van der Waals surface area contributed by atoms with Gasteiger partial charge in [0.2, 0.25) is 5.91 Å². The highest BCUT2D eigenvalue weighted by atomic mass is 16.7. The van der Waals surface area contributed by atoms with Gasteiger partial charge in [-0.05, 0) is 22.3 Å². The molecule has 9 nitrogen and oxygen atoms in total. The predicted molar refractivity (Wildman–Crippen MR) is 173 cm³/mol. The Morgan fingerprint density at radius 2 is 1.11 bits per heavy atom. The number of ether oxygens (including phenoxy) is 5. The third-order valence-corrected chi connectivity index (χ3v) is 7.68. The van der Waals surface area contributed by atoms with E-state index >= 15 is 0 Å². The van der Waals surface area contributed by atoms with Crippen molar-refractivity contribution in [3.63, 3.8) is 0 Å². The second kappa shape index (κ2) is 17.7. The van der Waals surface area contributed by atoms with Gasteiger partial charge in [0, 0.05) is 0 Å². The van der Waals surface area contributed by atoms with Crippen molar-refractivity contribution in [2.45, 2.75) is 63.1 Å². The molecule has 4 aromatic rings. The second-order valence-corrected chi connectivity index (χ2v) is 11.2. The molecule has 4 aromatic carbocycles. The van der Waals surface area contributed by atoms with E-state index in [-0.39, 0.29) is 26.4 Å². The van der Waals surface area contributed by atoms with E-state index in [1.807, 2.05) is 121 Å². The zero-order valence-corrected chi connectivity index (χ0v) is 25.7. The average Bonchev–Trinajstić information content (AvgIpc) is 3.10. The monoisotopic (exact) mass is 626 g/mol. The average molecular weight is 627 g/mol. The highest BCUT2D eigenvalue weighted by Gasteiger charge is 2.48.